The molecule has 0 fully saturated rings. The van der Waals surface area contributed by atoms with E-state index < -0.39 is 0 Å². The van der Waals surface area contributed by atoms with Gasteiger partial charge in [0.1, 0.15) is 11.4 Å². The molecule has 0 saturated heterocycles. The van der Waals surface area contributed by atoms with Crippen molar-refractivity contribution in [3.63, 3.8) is 0 Å². The molecule has 2 N–H and O–H groups in total. The van der Waals surface area contributed by atoms with Gasteiger partial charge < -0.3 is 19.8 Å². The second kappa shape index (κ2) is 8.91. The van der Waals surface area contributed by atoms with Crippen LogP contribution in [0.15, 0.2) is 88.7 Å². The van der Waals surface area contributed by atoms with Crippen LogP contribution in [-0.2, 0) is 11.4 Å². The van der Waals surface area contributed by atoms with Crippen LogP contribution in [0.3, 0.4) is 0 Å². The number of nitrogens with zero attached hydrogens (tertiary/aromatic N) is 3. The van der Waals surface area contributed by atoms with Gasteiger partial charge in [-0.1, -0.05) is 58.3 Å². The Balaban J connectivity index is 1.42. The number of aryl methyl sites for hydroxylation is 1. The van der Waals surface area contributed by atoms with Gasteiger partial charge >= 0.3 is 0 Å². The molecule has 0 atom stereocenters. The highest BCUT2D eigenvalue weighted by Gasteiger charge is 2.11. The number of rotatable bonds is 7. The van der Waals surface area contributed by atoms with E-state index in [9.17, 15) is 0 Å². The first-order valence-electron chi connectivity index (χ1n) is 9.35. The van der Waals surface area contributed by atoms with Gasteiger partial charge in [-0.05, 0) is 31.2 Å². The molecule has 0 radical (unpaired) electrons. The van der Waals surface area contributed by atoms with E-state index in [1.165, 1.54) is 5.56 Å². The van der Waals surface area contributed by atoms with E-state index in [-0.39, 0.29) is 12.4 Å². The molecule has 150 valence electrons. The average Bonchev–Trinajstić information content (AvgIpc) is 3.24. The normalized spacial score (nSPS) is 11.3. The second-order valence-electron chi connectivity index (χ2n) is 6.57. The van der Waals surface area contributed by atoms with E-state index in [1.807, 2.05) is 67.6 Å². The summed E-state index contributed by atoms with van der Waals surface area (Å²) in [7, 11) is 0. The van der Waals surface area contributed by atoms with Gasteiger partial charge in [0.05, 0.1) is 5.56 Å². The summed E-state index contributed by atoms with van der Waals surface area (Å²) >= 11 is 0. The van der Waals surface area contributed by atoms with Crippen LogP contribution in [-0.4, -0.2) is 16.0 Å². The zero-order valence-corrected chi connectivity index (χ0v) is 16.4. The van der Waals surface area contributed by atoms with Crippen LogP contribution in [0.2, 0.25) is 0 Å². The van der Waals surface area contributed by atoms with Crippen molar-refractivity contribution in [2.45, 2.75) is 13.5 Å². The molecule has 0 unspecified atom stereocenters. The Labute approximate surface area is 173 Å². The maximum Gasteiger partial charge on any atom is 0.230 e. The van der Waals surface area contributed by atoms with Crippen molar-refractivity contribution in [3.8, 4) is 22.9 Å². The summed E-state index contributed by atoms with van der Waals surface area (Å²) in [5.41, 5.74) is 9.49. The minimum atomic E-state index is 0.0920. The van der Waals surface area contributed by atoms with Crippen LogP contribution < -0.4 is 10.5 Å². The second-order valence-corrected chi connectivity index (χ2v) is 6.57. The summed E-state index contributed by atoms with van der Waals surface area (Å²) in [5.74, 6) is 1.67. The van der Waals surface area contributed by atoms with Gasteiger partial charge in [0.25, 0.3) is 0 Å². The molecule has 30 heavy (non-hydrogen) atoms. The number of hydrogen-bond donors (Lipinski definition) is 1. The predicted molar refractivity (Wildman–Crippen MR) is 113 cm³/mol. The lowest BCUT2D eigenvalue weighted by Crippen LogP contribution is -2.15. The van der Waals surface area contributed by atoms with Gasteiger partial charge in [0.15, 0.2) is 18.2 Å². The first-order valence-corrected chi connectivity index (χ1v) is 9.35. The number of nitrogens with two attached hydrogens (primary N) is 1. The van der Waals surface area contributed by atoms with Crippen molar-refractivity contribution in [1.82, 2.24) is 10.1 Å². The Morgan fingerprint density at radius 2 is 1.83 bits per heavy atom. The highest BCUT2D eigenvalue weighted by Crippen LogP contribution is 2.23. The summed E-state index contributed by atoms with van der Waals surface area (Å²) in [6.45, 7) is 2.13. The number of ether oxygens (including phenoxy) is 1. The first-order chi connectivity index (χ1) is 14.7. The molecule has 0 spiro atoms. The van der Waals surface area contributed by atoms with Crippen molar-refractivity contribution >= 4 is 5.84 Å². The topological polar surface area (TPSA) is 95.8 Å². The molecule has 0 aliphatic carbocycles. The lowest BCUT2D eigenvalue weighted by Gasteiger charge is -2.09. The maximum atomic E-state index is 6.08. The zero-order chi connectivity index (χ0) is 20.8. The van der Waals surface area contributed by atoms with Crippen LogP contribution in [0.25, 0.3) is 11.3 Å². The standard InChI is InChI=1S/C23H20N4O3/c1-16-9-11-17(12-10-16)21-14-19(30-26-21)15-28-27-22(24)20-8-5-13-25-23(20)29-18-6-3-2-4-7-18/h2-14H,15H2,1H3,(H2,24,27). The Morgan fingerprint density at radius 3 is 2.63 bits per heavy atom. The molecule has 0 bridgehead atoms. The van der Waals surface area contributed by atoms with Crippen LogP contribution in [0.1, 0.15) is 16.9 Å². The molecule has 2 aromatic carbocycles. The number of pyridine rings is 1. The molecule has 0 saturated carbocycles. The molecule has 7 nitrogen and oxygen atoms in total. The van der Waals surface area contributed by atoms with Crippen molar-refractivity contribution in [3.05, 3.63) is 95.9 Å². The Hall–Kier alpha value is -4.13. The van der Waals surface area contributed by atoms with Gasteiger partial charge in [-0.25, -0.2) is 4.98 Å². The van der Waals surface area contributed by atoms with Gasteiger partial charge in [-0.15, -0.1) is 0 Å². The van der Waals surface area contributed by atoms with Crippen LogP contribution in [0.5, 0.6) is 11.6 Å². The Bertz CT molecular complexity index is 1140. The maximum absolute atomic E-state index is 6.08. The molecule has 2 aromatic heterocycles. The molecular weight excluding hydrogens is 380 g/mol. The smallest absolute Gasteiger partial charge is 0.230 e. The summed E-state index contributed by atoms with van der Waals surface area (Å²) in [6, 6.07) is 22.7. The monoisotopic (exact) mass is 400 g/mol. The van der Waals surface area contributed by atoms with E-state index in [0.29, 0.717) is 23.0 Å². The molecule has 7 heteroatoms. The average molecular weight is 400 g/mol. The summed E-state index contributed by atoms with van der Waals surface area (Å²) in [5, 5.41) is 8.04. The molecule has 0 aliphatic heterocycles. The van der Waals surface area contributed by atoms with Gasteiger partial charge in [0.2, 0.25) is 5.88 Å². The van der Waals surface area contributed by atoms with E-state index in [2.05, 4.69) is 15.3 Å². The first kappa shape index (κ1) is 19.2. The minimum Gasteiger partial charge on any atom is -0.438 e. The van der Waals surface area contributed by atoms with Crippen LogP contribution in [0, 0.1) is 6.92 Å². The Kier molecular flexibility index (Phi) is 5.70. The molecule has 0 aliphatic rings. The number of benzene rings is 2. The molecule has 4 aromatic rings. The fraction of sp³-hybridized carbons (Fsp3) is 0.0870. The quantitative estimate of drug-likeness (QED) is 0.275. The van der Waals surface area contributed by atoms with Crippen LogP contribution in [0.4, 0.5) is 0 Å². The van der Waals surface area contributed by atoms with Crippen LogP contribution >= 0.6 is 0 Å². The fourth-order valence-electron chi connectivity index (χ4n) is 2.72. The number of para-hydroxylation sites is 1. The van der Waals surface area contributed by atoms with Crippen molar-refractivity contribution in [2.24, 2.45) is 10.9 Å². The molecular formula is C23H20N4O3. The van der Waals surface area contributed by atoms with Gasteiger partial charge in [0, 0.05) is 17.8 Å². The number of amidine groups is 1. The Morgan fingerprint density at radius 1 is 1.03 bits per heavy atom. The summed E-state index contributed by atoms with van der Waals surface area (Å²) in [4.78, 5) is 9.59. The largest absolute Gasteiger partial charge is 0.438 e. The van der Waals surface area contributed by atoms with Crippen molar-refractivity contribution in [1.29, 1.82) is 0 Å². The lowest BCUT2D eigenvalue weighted by atomic mass is 10.1. The van der Waals surface area contributed by atoms with E-state index in [4.69, 9.17) is 19.8 Å². The van der Waals surface area contributed by atoms with Crippen molar-refractivity contribution < 1.29 is 14.1 Å². The third-order valence-corrected chi connectivity index (χ3v) is 4.28. The highest BCUT2D eigenvalue weighted by atomic mass is 16.6. The lowest BCUT2D eigenvalue weighted by molar-refractivity contribution is 0.109. The highest BCUT2D eigenvalue weighted by molar-refractivity contribution is 5.99. The molecule has 0 amide bonds. The van der Waals surface area contributed by atoms with E-state index >= 15 is 0 Å². The van der Waals surface area contributed by atoms with E-state index in [0.717, 1.165) is 11.3 Å². The predicted octanol–water partition coefficient (Wildman–Crippen LogP) is 4.67. The molecule has 2 heterocycles. The summed E-state index contributed by atoms with van der Waals surface area (Å²) in [6.07, 6.45) is 1.62. The third kappa shape index (κ3) is 4.64. The zero-order valence-electron chi connectivity index (χ0n) is 16.4. The molecule has 4 rings (SSSR count). The number of oxime groups is 1. The fourth-order valence-corrected chi connectivity index (χ4v) is 2.72. The SMILES string of the molecule is Cc1ccc(-c2cc(CO/N=C(/N)c3cccnc3Oc3ccccc3)on2)cc1. The number of aromatic nitrogens is 2. The third-order valence-electron chi connectivity index (χ3n) is 4.28. The summed E-state index contributed by atoms with van der Waals surface area (Å²) < 4.78 is 11.1. The number of hydrogen-bond acceptors (Lipinski definition) is 6. The van der Waals surface area contributed by atoms with Crippen molar-refractivity contribution in [2.75, 3.05) is 0 Å². The minimum absolute atomic E-state index is 0.0920. The van der Waals surface area contributed by atoms with Gasteiger partial charge in [-0.2, -0.15) is 0 Å². The van der Waals surface area contributed by atoms with Gasteiger partial charge in [-0.3, -0.25) is 0 Å². The van der Waals surface area contributed by atoms with E-state index in [1.54, 1.807) is 18.3 Å².